The molecule has 0 radical (unpaired) electrons. The maximum Gasteiger partial charge on any atom is 0.304 e. The SMILES string of the molecule is COc1ccc(C[C@@H]2NC(=O)[C@H](Cc3ncc[nH]3)NC(=O)[C@H](CC(=O)O)CC(=O)[C@H](Cc3c[nH]c4ccc(F)cc34)NC(=O)[C@H](CC3=CCc4ccc(F)cc43)NC(=O)[C@@H](CCCCN)NC(=O)[C@H](C)NC(=O)CCSCc3cccc(c3)CSCCCC(=O)[C@]3(C)CCCN3C2=O)cc1. The van der Waals surface area contributed by atoms with Crippen LogP contribution in [-0.4, -0.2) is 157 Å². The summed E-state index contributed by atoms with van der Waals surface area (Å²) in [5.74, 6) is -7.86. The number of H-pyrrole nitrogens is 2. The average Bonchev–Trinajstić information content (AvgIpc) is 1.57. The van der Waals surface area contributed by atoms with Crippen molar-refractivity contribution in [3.8, 4) is 5.75 Å². The molecule has 2 bridgehead atoms. The third-order valence-corrected chi connectivity index (χ3v) is 20.6. The van der Waals surface area contributed by atoms with Crippen molar-refractivity contribution in [2.24, 2.45) is 11.7 Å². The number of fused-ring (bicyclic) bond motifs is 5. The Hall–Kier alpha value is -9.21. The van der Waals surface area contributed by atoms with E-state index < -0.39 is 125 Å². The third kappa shape index (κ3) is 20.5. The van der Waals surface area contributed by atoms with Gasteiger partial charge in [-0.15, -0.1) is 0 Å². The number of carboxylic acids is 1. The van der Waals surface area contributed by atoms with Crippen LogP contribution in [0.5, 0.6) is 5.75 Å². The van der Waals surface area contributed by atoms with E-state index in [0.717, 1.165) is 16.7 Å². The molecule has 27 heteroatoms. The molecule has 8 atom stereocenters. The number of carbonyl (C=O) groups excluding carboxylic acids is 9. The summed E-state index contributed by atoms with van der Waals surface area (Å²) in [6, 6.07) is 14.4. The van der Waals surface area contributed by atoms with E-state index in [4.69, 9.17) is 10.5 Å². The Morgan fingerprint density at radius 2 is 1.40 bits per heavy atom. The molecule has 6 aromatic rings. The number of aliphatic carboxylic acids is 1. The molecule has 11 N–H and O–H groups in total. The zero-order chi connectivity index (χ0) is 71.5. The van der Waals surface area contributed by atoms with E-state index in [2.05, 4.69) is 52.9 Å². The van der Waals surface area contributed by atoms with E-state index in [1.54, 1.807) is 55.1 Å². The predicted octanol–water partition coefficient (Wildman–Crippen LogP) is 6.64. The normalized spacial score (nSPS) is 23.4. The van der Waals surface area contributed by atoms with Gasteiger partial charge >= 0.3 is 5.97 Å². The molecule has 4 aromatic carbocycles. The number of nitrogens with zero attached hydrogens (tertiary/aromatic N) is 2. The van der Waals surface area contributed by atoms with Crippen molar-refractivity contribution in [2.75, 3.05) is 31.7 Å². The lowest BCUT2D eigenvalue weighted by Gasteiger charge is -2.37. The topological polar surface area (TPSA) is 346 Å². The van der Waals surface area contributed by atoms with Crippen LogP contribution in [0.1, 0.15) is 124 Å². The van der Waals surface area contributed by atoms with E-state index in [9.17, 15) is 38.3 Å². The first-order chi connectivity index (χ1) is 48.1. The van der Waals surface area contributed by atoms with Gasteiger partial charge in [0, 0.05) is 98.2 Å². The molecule has 23 nitrogen and oxygen atoms in total. The first-order valence-corrected chi connectivity index (χ1v) is 36.1. The van der Waals surface area contributed by atoms with Gasteiger partial charge in [0.25, 0.3) is 0 Å². The largest absolute Gasteiger partial charge is 0.497 e. The van der Waals surface area contributed by atoms with Crippen LogP contribution in [-0.2, 0) is 85.1 Å². The molecule has 0 saturated carbocycles. The summed E-state index contributed by atoms with van der Waals surface area (Å²) in [4.78, 5) is 157. The second-order valence-corrected chi connectivity index (χ2v) is 28.1. The molecule has 2 aliphatic heterocycles. The minimum atomic E-state index is -1.75. The molecule has 100 heavy (non-hydrogen) atoms. The molecule has 9 rings (SSSR count). The number of thioether (sulfide) groups is 2. The molecule has 0 unspecified atom stereocenters. The number of aromatic amines is 2. The number of ketones is 2. The Balaban J connectivity index is 1.06. The van der Waals surface area contributed by atoms with Gasteiger partial charge in [0.2, 0.25) is 41.4 Å². The van der Waals surface area contributed by atoms with Crippen molar-refractivity contribution in [3.05, 3.63) is 160 Å². The average molecular weight is 1410 g/mol. The Kier molecular flexibility index (Phi) is 26.8. The standard InChI is InChI=1S/C73H87F2N11O12S2/c1-43-67(92)81-57(11-4-5-25-76)69(94)84-59(33-48-16-15-47-17-18-51(74)37-54(47)48)70(95)82-58(34-50-40-79-56-22-19-52(75)38-55(50)56)62(87)35-49(36-66(90)91)68(93)83-60(39-64-77-26-27-78-64)71(96)85-61(32-44-13-20-53(98-3)21-14-44)72(97)86-28-8-24-73(86,2)63(88)12-7-29-99-41-45-9-6-10-46(31-45)42-100-30-23-65(89)80-43/h6,9-10,13-14,16-22,26-27,31,37-38,40,43,49,57-61,79H,4-5,7-8,11-12,15,23-25,28-30,32-36,39,41-42,76H2,1-3H3,(H,77,78)(H,80,89)(H,81,92)(H,82,95)(H,83,93)(H,84,94)(H,85,96)(H,90,91)/t43-,49-,57+,58-,59-,60-,61-,73-/m0/s1. The number of benzene rings is 4. The number of carbonyl (C=O) groups is 10. The quantitative estimate of drug-likeness (QED) is 0.0481. The molecule has 1 fully saturated rings. The highest BCUT2D eigenvalue weighted by Crippen LogP contribution is 2.35. The minimum absolute atomic E-state index is 0.0356. The number of imidazole rings is 1. The summed E-state index contributed by atoms with van der Waals surface area (Å²) in [6.45, 7) is 3.67. The number of nitrogens with one attached hydrogen (secondary N) is 8. The van der Waals surface area contributed by atoms with Gasteiger partial charge in [-0.3, -0.25) is 47.9 Å². The highest BCUT2D eigenvalue weighted by molar-refractivity contribution is 7.98. The van der Waals surface area contributed by atoms with Crippen molar-refractivity contribution >= 4 is 98.9 Å². The molecule has 3 aliphatic rings. The number of halogens is 2. The van der Waals surface area contributed by atoms with Gasteiger partial charge in [-0.25, -0.2) is 13.8 Å². The van der Waals surface area contributed by atoms with E-state index >= 15 is 23.6 Å². The van der Waals surface area contributed by atoms with Crippen molar-refractivity contribution in [1.29, 1.82) is 0 Å². The van der Waals surface area contributed by atoms with Gasteiger partial charge in [0.15, 0.2) is 11.6 Å². The molecule has 0 spiro atoms. The smallest absolute Gasteiger partial charge is 0.304 e. The number of allylic oxidation sites excluding steroid dienone is 1. The van der Waals surface area contributed by atoms with Crippen molar-refractivity contribution in [1.82, 2.24) is 51.8 Å². The van der Waals surface area contributed by atoms with Crippen molar-refractivity contribution < 1.29 is 66.6 Å². The summed E-state index contributed by atoms with van der Waals surface area (Å²) >= 11 is 3.20. The zero-order valence-corrected chi connectivity index (χ0v) is 57.9. The maximum atomic E-state index is 15.3. The summed E-state index contributed by atoms with van der Waals surface area (Å²) in [6.07, 6.45) is 6.06. The number of carboxylic acid groups (broad SMARTS) is 1. The lowest BCUT2D eigenvalue weighted by atomic mass is 9.89. The van der Waals surface area contributed by atoms with Crippen LogP contribution in [0.15, 0.2) is 110 Å². The fourth-order valence-corrected chi connectivity index (χ4v) is 14.7. The molecular formula is C73H87F2N11O12S2. The number of amides is 7. The molecule has 2 aromatic heterocycles. The summed E-state index contributed by atoms with van der Waals surface area (Å²) in [7, 11) is 1.50. The van der Waals surface area contributed by atoms with E-state index in [0.29, 0.717) is 100 Å². The van der Waals surface area contributed by atoms with Gasteiger partial charge in [-0.1, -0.05) is 48.5 Å². The second-order valence-electron chi connectivity index (χ2n) is 25.9. The van der Waals surface area contributed by atoms with Crippen LogP contribution < -0.4 is 42.4 Å². The Morgan fingerprint density at radius 1 is 0.720 bits per heavy atom. The number of hydrogen-bond acceptors (Lipinski definition) is 15. The van der Waals surface area contributed by atoms with Gasteiger partial charge in [-0.05, 0) is 153 Å². The number of unbranched alkanes of at least 4 members (excludes halogenated alkanes) is 1. The van der Waals surface area contributed by atoms with E-state index in [1.165, 1.54) is 79.6 Å². The van der Waals surface area contributed by atoms with Crippen LogP contribution in [0.3, 0.4) is 0 Å². The minimum Gasteiger partial charge on any atom is -0.497 e. The predicted molar refractivity (Wildman–Crippen MR) is 376 cm³/mol. The fraction of sp³-hybridized carbons (Fsp3) is 0.438. The summed E-state index contributed by atoms with van der Waals surface area (Å²) in [5.41, 5.74) is 9.77. The molecular weight excluding hydrogens is 1320 g/mol. The number of Topliss-reactive ketones (excluding diaryl/α,β-unsaturated/α-hetero) is 2. The Bertz CT molecular complexity index is 3960. The Labute approximate surface area is 587 Å². The van der Waals surface area contributed by atoms with E-state index in [-0.39, 0.29) is 69.6 Å². The summed E-state index contributed by atoms with van der Waals surface area (Å²) < 4.78 is 35.4. The first kappa shape index (κ1) is 75.0. The lowest BCUT2D eigenvalue weighted by molar-refractivity contribution is -0.146. The first-order valence-electron chi connectivity index (χ1n) is 33.8. The fourth-order valence-electron chi connectivity index (χ4n) is 12.9. The van der Waals surface area contributed by atoms with Gasteiger partial charge in [0.1, 0.15) is 53.4 Å². The van der Waals surface area contributed by atoms with Crippen LogP contribution in [0.4, 0.5) is 8.78 Å². The second kappa shape index (κ2) is 35.7. The number of ether oxygens (including phenoxy) is 1. The van der Waals surface area contributed by atoms with Crippen LogP contribution in [0, 0.1) is 17.6 Å². The lowest BCUT2D eigenvalue weighted by Crippen LogP contribution is -2.60. The Morgan fingerprint density at radius 3 is 2.12 bits per heavy atom. The summed E-state index contributed by atoms with van der Waals surface area (Å²) in [5, 5.41) is 27.3. The number of methoxy groups -OCH3 is 1. The number of hydrogen-bond donors (Lipinski definition) is 10. The number of aromatic nitrogens is 3. The number of rotatable bonds is 15. The zero-order valence-electron chi connectivity index (χ0n) is 56.3. The molecule has 7 amide bonds. The molecule has 1 aliphatic carbocycles. The van der Waals surface area contributed by atoms with Gasteiger partial charge in [-0.2, -0.15) is 23.5 Å². The highest BCUT2D eigenvalue weighted by Gasteiger charge is 2.47. The van der Waals surface area contributed by atoms with Crippen LogP contribution in [0.25, 0.3) is 16.5 Å². The maximum absolute atomic E-state index is 15.3. The van der Waals surface area contributed by atoms with Crippen LogP contribution >= 0.6 is 23.5 Å². The van der Waals surface area contributed by atoms with Gasteiger partial charge < -0.3 is 62.3 Å². The highest BCUT2D eigenvalue weighted by atomic mass is 32.2. The van der Waals surface area contributed by atoms with E-state index in [1.807, 2.05) is 18.2 Å². The molecule has 532 valence electrons. The van der Waals surface area contributed by atoms with Crippen molar-refractivity contribution in [3.63, 3.8) is 0 Å². The molecule has 1 saturated heterocycles. The van der Waals surface area contributed by atoms with Crippen molar-refractivity contribution in [2.45, 2.75) is 163 Å². The molecule has 4 heterocycles. The monoisotopic (exact) mass is 1410 g/mol. The van der Waals surface area contributed by atoms with Crippen LogP contribution in [0.2, 0.25) is 0 Å². The van der Waals surface area contributed by atoms with Gasteiger partial charge in [0.05, 0.1) is 31.0 Å². The number of nitrogens with two attached hydrogens (primary N) is 1. The third-order valence-electron chi connectivity index (χ3n) is 18.5.